The number of halogens is 1. The minimum Gasteiger partial charge on any atom is -0.375 e. The lowest BCUT2D eigenvalue weighted by Gasteiger charge is -2.19. The van der Waals surface area contributed by atoms with Crippen molar-refractivity contribution in [2.45, 2.75) is 13.5 Å². The van der Waals surface area contributed by atoms with E-state index in [1.54, 1.807) is 18.2 Å². The molecular weight excluding hydrogens is 292 g/mol. The summed E-state index contributed by atoms with van der Waals surface area (Å²) in [5.41, 5.74) is 3.00. The lowest BCUT2D eigenvalue weighted by atomic mass is 10.2. The lowest BCUT2D eigenvalue weighted by molar-refractivity contribution is 0.251. The first kappa shape index (κ1) is 15.2. The number of aryl methyl sites for hydroxylation is 1. The van der Waals surface area contributed by atoms with Gasteiger partial charge in [0.2, 0.25) is 0 Å². The Balaban J connectivity index is 2.03. The van der Waals surface area contributed by atoms with Crippen LogP contribution in [0.5, 0.6) is 0 Å². The molecule has 0 atom stereocenters. The molecule has 0 spiro atoms. The largest absolute Gasteiger partial charge is 0.375 e. The predicted octanol–water partition coefficient (Wildman–Crippen LogP) is 3.02. The normalized spacial score (nSPS) is 10.3. The number of aromatic nitrogens is 1. The topological polar surface area (TPSA) is 70.4 Å². The van der Waals surface area contributed by atoms with Gasteiger partial charge in [-0.25, -0.2) is 4.79 Å². The molecular formula is C14H17ClN4O2. The van der Waals surface area contributed by atoms with E-state index in [1.807, 2.05) is 25.9 Å². The fourth-order valence-corrected chi connectivity index (χ4v) is 2.24. The number of para-hydroxylation sites is 1. The number of urea groups is 1. The first-order chi connectivity index (χ1) is 9.99. The van der Waals surface area contributed by atoms with Crippen molar-refractivity contribution in [2.24, 2.45) is 0 Å². The maximum absolute atomic E-state index is 12.0. The molecule has 0 unspecified atom stereocenters. The number of rotatable bonds is 4. The van der Waals surface area contributed by atoms with E-state index in [-0.39, 0.29) is 6.03 Å². The van der Waals surface area contributed by atoms with Gasteiger partial charge in [0.1, 0.15) is 6.26 Å². The summed E-state index contributed by atoms with van der Waals surface area (Å²) in [6.07, 6.45) is 1.51. The van der Waals surface area contributed by atoms with Gasteiger partial charge in [0, 0.05) is 26.2 Å². The van der Waals surface area contributed by atoms with Gasteiger partial charge in [-0.15, -0.1) is 0 Å². The molecule has 1 aromatic carbocycles. The summed E-state index contributed by atoms with van der Waals surface area (Å²) in [7, 11) is 3.73. The zero-order valence-corrected chi connectivity index (χ0v) is 12.9. The standard InChI is InChI=1S/C14H17ClN4O2/c1-9-10(8-21-18-9)7-16-14(20)17-12-6-4-5-11(15)13(12)19(2)3/h4-6,8H,7H2,1-3H3,(H2,16,17,20). The van der Waals surface area contributed by atoms with Crippen molar-refractivity contribution in [3.8, 4) is 0 Å². The van der Waals surface area contributed by atoms with Crippen LogP contribution in [0.1, 0.15) is 11.3 Å². The molecule has 0 radical (unpaired) electrons. The van der Waals surface area contributed by atoms with Crippen molar-refractivity contribution in [3.05, 3.63) is 40.7 Å². The van der Waals surface area contributed by atoms with Gasteiger partial charge in [-0.05, 0) is 19.1 Å². The zero-order valence-electron chi connectivity index (χ0n) is 12.1. The second kappa shape index (κ2) is 6.49. The Morgan fingerprint density at radius 2 is 2.19 bits per heavy atom. The maximum atomic E-state index is 12.0. The molecule has 0 saturated heterocycles. The van der Waals surface area contributed by atoms with Crippen LogP contribution in [0, 0.1) is 6.92 Å². The Hall–Kier alpha value is -2.21. The van der Waals surface area contributed by atoms with Gasteiger partial charge in [-0.3, -0.25) is 0 Å². The van der Waals surface area contributed by atoms with Crippen LogP contribution in [-0.2, 0) is 6.54 Å². The molecule has 7 heteroatoms. The highest BCUT2D eigenvalue weighted by Crippen LogP contribution is 2.32. The predicted molar refractivity (Wildman–Crippen MR) is 82.9 cm³/mol. The van der Waals surface area contributed by atoms with E-state index in [2.05, 4.69) is 15.8 Å². The number of nitrogens with one attached hydrogen (secondary N) is 2. The Kier molecular flexibility index (Phi) is 4.70. The van der Waals surface area contributed by atoms with Crippen molar-refractivity contribution in [2.75, 3.05) is 24.3 Å². The first-order valence-electron chi connectivity index (χ1n) is 6.39. The molecule has 2 rings (SSSR count). The fraction of sp³-hybridized carbons (Fsp3) is 0.286. The monoisotopic (exact) mass is 308 g/mol. The maximum Gasteiger partial charge on any atom is 0.319 e. The van der Waals surface area contributed by atoms with E-state index in [9.17, 15) is 4.79 Å². The number of anilines is 2. The average Bonchev–Trinajstić information content (AvgIpc) is 2.81. The van der Waals surface area contributed by atoms with Gasteiger partial charge in [-0.1, -0.05) is 22.8 Å². The molecule has 0 fully saturated rings. The minimum atomic E-state index is -0.319. The molecule has 0 aliphatic carbocycles. The molecule has 2 amide bonds. The number of hydrogen-bond acceptors (Lipinski definition) is 4. The number of nitrogens with zero attached hydrogens (tertiary/aromatic N) is 2. The number of carbonyl (C=O) groups excluding carboxylic acids is 1. The Bertz CT molecular complexity index is 640. The van der Waals surface area contributed by atoms with Gasteiger partial charge < -0.3 is 20.1 Å². The second-order valence-corrected chi connectivity index (χ2v) is 5.17. The van der Waals surface area contributed by atoms with E-state index in [4.69, 9.17) is 16.1 Å². The molecule has 2 N–H and O–H groups in total. The third-order valence-corrected chi connectivity index (χ3v) is 3.28. The highest BCUT2D eigenvalue weighted by Gasteiger charge is 2.12. The third-order valence-electron chi connectivity index (χ3n) is 2.97. The van der Waals surface area contributed by atoms with Gasteiger partial charge in [0.25, 0.3) is 0 Å². The highest BCUT2D eigenvalue weighted by atomic mass is 35.5. The lowest BCUT2D eigenvalue weighted by Crippen LogP contribution is -2.29. The number of carbonyl (C=O) groups is 1. The molecule has 1 aromatic heterocycles. The van der Waals surface area contributed by atoms with Crippen LogP contribution >= 0.6 is 11.6 Å². The highest BCUT2D eigenvalue weighted by molar-refractivity contribution is 6.34. The van der Waals surface area contributed by atoms with Gasteiger partial charge in [0.05, 0.1) is 22.1 Å². The number of amides is 2. The zero-order chi connectivity index (χ0) is 15.4. The van der Waals surface area contributed by atoms with Crippen molar-refractivity contribution in [3.63, 3.8) is 0 Å². The molecule has 2 aromatic rings. The fourth-order valence-electron chi connectivity index (χ4n) is 1.90. The van der Waals surface area contributed by atoms with E-state index >= 15 is 0 Å². The number of hydrogen-bond donors (Lipinski definition) is 2. The molecule has 0 aliphatic rings. The van der Waals surface area contributed by atoms with E-state index in [0.717, 1.165) is 16.9 Å². The third kappa shape index (κ3) is 3.66. The molecule has 21 heavy (non-hydrogen) atoms. The molecule has 6 nitrogen and oxygen atoms in total. The van der Waals surface area contributed by atoms with E-state index in [1.165, 1.54) is 6.26 Å². The van der Waals surface area contributed by atoms with Gasteiger partial charge >= 0.3 is 6.03 Å². The van der Waals surface area contributed by atoms with Crippen molar-refractivity contribution in [1.29, 1.82) is 0 Å². The Morgan fingerprint density at radius 1 is 1.43 bits per heavy atom. The smallest absolute Gasteiger partial charge is 0.319 e. The summed E-state index contributed by atoms with van der Waals surface area (Å²) in [5, 5.41) is 9.87. The van der Waals surface area contributed by atoms with Crippen molar-refractivity contribution in [1.82, 2.24) is 10.5 Å². The van der Waals surface area contributed by atoms with Crippen LogP contribution in [0.25, 0.3) is 0 Å². The SMILES string of the molecule is Cc1nocc1CNC(=O)Nc1cccc(Cl)c1N(C)C. The van der Waals surface area contributed by atoms with Crippen molar-refractivity contribution < 1.29 is 9.32 Å². The summed E-state index contributed by atoms with van der Waals surface area (Å²) in [5.74, 6) is 0. The summed E-state index contributed by atoms with van der Waals surface area (Å²) < 4.78 is 4.82. The molecule has 0 saturated carbocycles. The van der Waals surface area contributed by atoms with E-state index < -0.39 is 0 Å². The minimum absolute atomic E-state index is 0.319. The van der Waals surface area contributed by atoms with Gasteiger partial charge in [0.15, 0.2) is 0 Å². The summed E-state index contributed by atoms with van der Waals surface area (Å²) in [6.45, 7) is 2.17. The Labute approximate surface area is 128 Å². The molecule has 112 valence electrons. The van der Waals surface area contributed by atoms with Crippen LogP contribution in [0.2, 0.25) is 5.02 Å². The molecule has 0 bridgehead atoms. The Morgan fingerprint density at radius 3 is 2.81 bits per heavy atom. The van der Waals surface area contributed by atoms with Crippen LogP contribution in [0.4, 0.5) is 16.2 Å². The van der Waals surface area contributed by atoms with Gasteiger partial charge in [-0.2, -0.15) is 0 Å². The molecule has 0 aliphatic heterocycles. The summed E-state index contributed by atoms with van der Waals surface area (Å²) in [4.78, 5) is 13.8. The summed E-state index contributed by atoms with van der Waals surface area (Å²) >= 11 is 6.15. The quantitative estimate of drug-likeness (QED) is 0.911. The summed E-state index contributed by atoms with van der Waals surface area (Å²) in [6, 6.07) is 5.04. The van der Waals surface area contributed by atoms with Crippen LogP contribution in [0.15, 0.2) is 29.0 Å². The second-order valence-electron chi connectivity index (χ2n) is 4.76. The van der Waals surface area contributed by atoms with E-state index in [0.29, 0.717) is 17.3 Å². The molecule has 1 heterocycles. The van der Waals surface area contributed by atoms with Crippen LogP contribution in [-0.4, -0.2) is 25.3 Å². The number of benzene rings is 1. The average molecular weight is 309 g/mol. The van der Waals surface area contributed by atoms with Crippen LogP contribution < -0.4 is 15.5 Å². The van der Waals surface area contributed by atoms with Crippen molar-refractivity contribution >= 4 is 29.0 Å². The first-order valence-corrected chi connectivity index (χ1v) is 6.77. The van der Waals surface area contributed by atoms with Crippen LogP contribution in [0.3, 0.4) is 0 Å².